The molecule has 0 bridgehead atoms. The fraction of sp³-hybridized carbons (Fsp3) is 0.857. The Bertz CT molecular complexity index is 727. The Labute approximate surface area is 180 Å². The van der Waals surface area contributed by atoms with E-state index in [9.17, 15) is 35.4 Å². The smallest absolute Gasteiger partial charge is 0.334 e. The number of aliphatic hydroxyl groups excluding tert-OH is 5. The minimum absolute atomic E-state index is 0.166. The standard InChI is InChI=1S/C21H32O10/c1-9-10-3-5-20(2)12(23)4-6-21(28,17(20)16(10)31-18(9)27)8-29-19-15(26)14(25)13(24)11(7-22)30-19/h10-17,19,22-26,28H,1,3-8H2,2H3/t10-,11-,12-,13-,14+,15-,16+,17-,19-,20+,21+/m1/s1. The number of hydrogen-bond acceptors (Lipinski definition) is 10. The highest BCUT2D eigenvalue weighted by atomic mass is 16.7. The second-order valence-electron chi connectivity index (χ2n) is 9.69. The van der Waals surface area contributed by atoms with Gasteiger partial charge >= 0.3 is 5.97 Å². The Hall–Kier alpha value is -1.11. The van der Waals surface area contributed by atoms with Crippen molar-refractivity contribution >= 4 is 5.97 Å². The summed E-state index contributed by atoms with van der Waals surface area (Å²) in [6, 6.07) is 0. The van der Waals surface area contributed by atoms with Crippen LogP contribution in [0.3, 0.4) is 0 Å². The fourth-order valence-corrected chi connectivity index (χ4v) is 6.03. The van der Waals surface area contributed by atoms with Gasteiger partial charge in [0.2, 0.25) is 0 Å². The van der Waals surface area contributed by atoms with Gasteiger partial charge in [-0.3, -0.25) is 0 Å². The van der Waals surface area contributed by atoms with Gasteiger partial charge in [0, 0.05) is 22.8 Å². The van der Waals surface area contributed by atoms with Crippen LogP contribution < -0.4 is 0 Å². The summed E-state index contributed by atoms with van der Waals surface area (Å²) >= 11 is 0. The van der Waals surface area contributed by atoms with E-state index < -0.39 is 72.4 Å². The van der Waals surface area contributed by atoms with Crippen LogP contribution in [0.1, 0.15) is 32.6 Å². The first-order chi connectivity index (χ1) is 14.5. The predicted molar refractivity (Wildman–Crippen MR) is 103 cm³/mol. The van der Waals surface area contributed by atoms with Crippen LogP contribution in [-0.4, -0.2) is 98.3 Å². The van der Waals surface area contributed by atoms with Gasteiger partial charge < -0.3 is 44.8 Å². The van der Waals surface area contributed by atoms with E-state index in [1.165, 1.54) is 0 Å². The number of hydrogen-bond donors (Lipinski definition) is 6. The third-order valence-corrected chi connectivity index (χ3v) is 7.92. The van der Waals surface area contributed by atoms with Crippen molar-refractivity contribution in [3.63, 3.8) is 0 Å². The van der Waals surface area contributed by atoms with Crippen molar-refractivity contribution in [3.05, 3.63) is 12.2 Å². The van der Waals surface area contributed by atoms with Gasteiger partial charge in [0.05, 0.1) is 24.9 Å². The van der Waals surface area contributed by atoms with E-state index in [0.29, 0.717) is 24.8 Å². The molecule has 10 heteroatoms. The number of ether oxygens (including phenoxy) is 3. The number of carbonyl (C=O) groups is 1. The SMILES string of the molecule is C=C1C(=O)O[C@H]2[C@@H]1CC[C@@]1(C)[C@H](O)CC[C@](O)(CO[C@@H]3O[C@H](CO)[C@@H](O)[C@H](O)[C@H]3O)[C@H]21. The van der Waals surface area contributed by atoms with Gasteiger partial charge in [0.25, 0.3) is 0 Å². The Morgan fingerprint density at radius 2 is 1.84 bits per heavy atom. The summed E-state index contributed by atoms with van der Waals surface area (Å²) < 4.78 is 16.6. The molecule has 0 radical (unpaired) electrons. The largest absolute Gasteiger partial charge is 0.458 e. The first kappa shape index (κ1) is 23.1. The molecule has 6 N–H and O–H groups in total. The molecule has 0 aromatic heterocycles. The molecule has 2 saturated heterocycles. The van der Waals surface area contributed by atoms with Crippen molar-refractivity contribution in [1.29, 1.82) is 0 Å². The maximum Gasteiger partial charge on any atom is 0.334 e. The molecule has 2 aliphatic heterocycles. The molecule has 0 spiro atoms. The number of rotatable bonds is 4. The van der Waals surface area contributed by atoms with Crippen LogP contribution in [0.5, 0.6) is 0 Å². The highest BCUT2D eigenvalue weighted by Gasteiger charge is 2.64. The average Bonchev–Trinajstić information content (AvgIpc) is 3.02. The van der Waals surface area contributed by atoms with E-state index in [4.69, 9.17) is 14.2 Å². The van der Waals surface area contributed by atoms with Crippen LogP contribution in [0, 0.1) is 17.3 Å². The third-order valence-electron chi connectivity index (χ3n) is 7.92. The predicted octanol–water partition coefficient (Wildman–Crippen LogP) is -1.80. The second-order valence-corrected chi connectivity index (χ2v) is 9.69. The van der Waals surface area contributed by atoms with Crippen molar-refractivity contribution in [1.82, 2.24) is 0 Å². The number of carbonyl (C=O) groups excluding carboxylic acids is 1. The van der Waals surface area contributed by atoms with E-state index >= 15 is 0 Å². The first-order valence-corrected chi connectivity index (χ1v) is 10.8. The fourth-order valence-electron chi connectivity index (χ4n) is 6.03. The van der Waals surface area contributed by atoms with Crippen LogP contribution in [0.2, 0.25) is 0 Å². The minimum Gasteiger partial charge on any atom is -0.458 e. The zero-order valence-corrected chi connectivity index (χ0v) is 17.5. The summed E-state index contributed by atoms with van der Waals surface area (Å²) in [6.45, 7) is 4.78. The zero-order chi connectivity index (χ0) is 22.7. The summed E-state index contributed by atoms with van der Waals surface area (Å²) in [5.41, 5.74) is -1.87. The normalized spacial score (nSPS) is 52.4. The molecule has 2 saturated carbocycles. The monoisotopic (exact) mass is 444 g/mol. The molecule has 0 amide bonds. The summed E-state index contributed by atoms with van der Waals surface area (Å²) in [5.74, 6) is -1.40. The van der Waals surface area contributed by atoms with E-state index in [1.807, 2.05) is 6.92 Å². The maximum atomic E-state index is 12.2. The van der Waals surface area contributed by atoms with Gasteiger partial charge in [-0.2, -0.15) is 0 Å². The molecular weight excluding hydrogens is 412 g/mol. The maximum absolute atomic E-state index is 12.2. The van der Waals surface area contributed by atoms with Crippen molar-refractivity contribution < 1.29 is 49.6 Å². The van der Waals surface area contributed by atoms with E-state index in [1.54, 1.807) is 0 Å². The van der Waals surface area contributed by atoms with E-state index in [2.05, 4.69) is 6.58 Å². The minimum atomic E-state index is -1.60. The molecule has 4 fully saturated rings. The van der Waals surface area contributed by atoms with Crippen molar-refractivity contribution in [3.8, 4) is 0 Å². The number of aliphatic hydroxyl groups is 6. The van der Waals surface area contributed by atoms with E-state index in [-0.39, 0.29) is 18.9 Å². The number of esters is 1. The van der Waals surface area contributed by atoms with Gasteiger partial charge in [0.1, 0.15) is 30.5 Å². The first-order valence-electron chi connectivity index (χ1n) is 10.8. The molecule has 176 valence electrons. The van der Waals surface area contributed by atoms with Crippen LogP contribution in [0.4, 0.5) is 0 Å². The number of fused-ring (bicyclic) bond motifs is 3. The van der Waals surface area contributed by atoms with Crippen molar-refractivity contribution in [2.75, 3.05) is 13.2 Å². The average molecular weight is 444 g/mol. The van der Waals surface area contributed by atoms with Crippen LogP contribution in [-0.2, 0) is 19.0 Å². The molecule has 31 heavy (non-hydrogen) atoms. The van der Waals surface area contributed by atoms with Gasteiger partial charge in [-0.15, -0.1) is 0 Å². The Kier molecular flexibility index (Phi) is 5.98. The highest BCUT2D eigenvalue weighted by Crippen LogP contribution is 2.59. The molecule has 10 nitrogen and oxygen atoms in total. The molecule has 4 aliphatic rings. The van der Waals surface area contributed by atoms with Crippen molar-refractivity contribution in [2.45, 2.75) is 81.1 Å². The molecule has 4 rings (SSSR count). The van der Waals surface area contributed by atoms with Crippen molar-refractivity contribution in [2.24, 2.45) is 17.3 Å². The third kappa shape index (κ3) is 3.53. The molecule has 11 atom stereocenters. The van der Waals surface area contributed by atoms with Gasteiger partial charge in [0.15, 0.2) is 6.29 Å². The molecule has 2 heterocycles. The van der Waals surface area contributed by atoms with Crippen LogP contribution in [0.25, 0.3) is 0 Å². The molecule has 0 aromatic rings. The van der Waals surface area contributed by atoms with E-state index in [0.717, 1.165) is 0 Å². The Balaban J connectivity index is 1.57. The summed E-state index contributed by atoms with van der Waals surface area (Å²) in [7, 11) is 0. The topological polar surface area (TPSA) is 166 Å². The molecule has 0 aromatic carbocycles. The lowest BCUT2D eigenvalue weighted by atomic mass is 9.51. The van der Waals surface area contributed by atoms with Gasteiger partial charge in [-0.25, -0.2) is 4.79 Å². The summed E-state index contributed by atoms with van der Waals surface area (Å²) in [6.07, 6.45) is -6.91. The van der Waals surface area contributed by atoms with Gasteiger partial charge in [-0.1, -0.05) is 13.5 Å². The van der Waals surface area contributed by atoms with Crippen LogP contribution in [0.15, 0.2) is 12.2 Å². The Morgan fingerprint density at radius 1 is 1.13 bits per heavy atom. The lowest BCUT2D eigenvalue weighted by Gasteiger charge is -2.58. The highest BCUT2D eigenvalue weighted by molar-refractivity contribution is 5.91. The zero-order valence-electron chi connectivity index (χ0n) is 17.5. The Morgan fingerprint density at radius 3 is 2.52 bits per heavy atom. The quantitative estimate of drug-likeness (QED) is 0.215. The van der Waals surface area contributed by atoms with Crippen LogP contribution >= 0.6 is 0 Å². The lowest BCUT2D eigenvalue weighted by Crippen LogP contribution is -2.66. The second kappa shape index (κ2) is 8.03. The molecule has 0 unspecified atom stereocenters. The molecule has 2 aliphatic carbocycles. The van der Waals surface area contributed by atoms with Gasteiger partial charge in [-0.05, 0) is 25.7 Å². The summed E-state index contributed by atoms with van der Waals surface area (Å²) in [4.78, 5) is 12.2. The lowest BCUT2D eigenvalue weighted by molar-refractivity contribution is -0.319. The molecular formula is C21H32O10. The summed E-state index contributed by atoms with van der Waals surface area (Å²) in [5, 5.41) is 61.9.